The van der Waals surface area contributed by atoms with Crippen molar-refractivity contribution < 1.29 is 9.47 Å². The Balaban J connectivity index is 2.10. The summed E-state index contributed by atoms with van der Waals surface area (Å²) in [7, 11) is 0. The van der Waals surface area contributed by atoms with Gasteiger partial charge in [-0.15, -0.1) is 11.8 Å². The van der Waals surface area contributed by atoms with E-state index < -0.39 is 0 Å². The molecule has 3 nitrogen and oxygen atoms in total. The maximum absolute atomic E-state index is 8.77. The molecule has 0 amide bonds. The average molecular weight is 263 g/mol. The molecule has 0 bridgehead atoms. The minimum Gasteiger partial charge on any atom is -0.490 e. The van der Waals surface area contributed by atoms with Crippen LogP contribution in [0, 0.1) is 11.3 Å². The van der Waals surface area contributed by atoms with Gasteiger partial charge in [0.2, 0.25) is 0 Å². The van der Waals surface area contributed by atoms with Crippen LogP contribution in [0.25, 0.3) is 0 Å². The average Bonchev–Trinajstić information content (AvgIpc) is 2.63. The van der Waals surface area contributed by atoms with Gasteiger partial charge in [0, 0.05) is 23.0 Å². The number of nitriles is 1. The molecule has 1 unspecified atom stereocenters. The predicted octanol–water partition coefficient (Wildman–Crippen LogP) is 3.63. The van der Waals surface area contributed by atoms with Crippen molar-refractivity contribution in [3.8, 4) is 17.6 Å². The highest BCUT2D eigenvalue weighted by Gasteiger charge is 2.13. The second kappa shape index (κ2) is 6.55. The number of hydrogen-bond acceptors (Lipinski definition) is 4. The van der Waals surface area contributed by atoms with Gasteiger partial charge in [-0.1, -0.05) is 6.92 Å². The van der Waals surface area contributed by atoms with Crippen LogP contribution in [-0.2, 0) is 0 Å². The molecule has 0 spiro atoms. The Bertz CT molecular complexity index is 442. The van der Waals surface area contributed by atoms with Gasteiger partial charge in [-0.05, 0) is 24.6 Å². The zero-order valence-corrected chi connectivity index (χ0v) is 11.3. The molecule has 18 heavy (non-hydrogen) atoms. The summed E-state index contributed by atoms with van der Waals surface area (Å²) >= 11 is 1.73. The summed E-state index contributed by atoms with van der Waals surface area (Å²) in [6.07, 6.45) is 2.49. The van der Waals surface area contributed by atoms with Crippen molar-refractivity contribution in [3.63, 3.8) is 0 Å². The molecule has 96 valence electrons. The summed E-state index contributed by atoms with van der Waals surface area (Å²) in [6, 6.07) is 8.25. The first-order chi connectivity index (χ1) is 8.83. The van der Waals surface area contributed by atoms with Gasteiger partial charge in [-0.2, -0.15) is 5.26 Å². The molecule has 0 aliphatic carbocycles. The highest BCUT2D eigenvalue weighted by atomic mass is 32.2. The Morgan fingerprint density at radius 3 is 2.83 bits per heavy atom. The zero-order chi connectivity index (χ0) is 12.8. The Morgan fingerprint density at radius 2 is 2.11 bits per heavy atom. The molecule has 2 rings (SSSR count). The fraction of sp³-hybridized carbons (Fsp3) is 0.500. The van der Waals surface area contributed by atoms with Crippen molar-refractivity contribution in [2.45, 2.75) is 36.3 Å². The normalized spacial score (nSPS) is 15.6. The van der Waals surface area contributed by atoms with Crippen LogP contribution < -0.4 is 9.47 Å². The molecule has 1 aromatic rings. The Labute approximate surface area is 112 Å². The van der Waals surface area contributed by atoms with Crippen molar-refractivity contribution in [1.82, 2.24) is 0 Å². The van der Waals surface area contributed by atoms with Crippen LogP contribution in [0.3, 0.4) is 0 Å². The van der Waals surface area contributed by atoms with Gasteiger partial charge < -0.3 is 9.47 Å². The molecule has 1 heterocycles. The quantitative estimate of drug-likeness (QED) is 0.778. The van der Waals surface area contributed by atoms with Crippen molar-refractivity contribution in [2.24, 2.45) is 0 Å². The number of hydrogen-bond donors (Lipinski definition) is 0. The molecule has 0 aromatic heterocycles. The number of thioether (sulfide) groups is 1. The number of ether oxygens (including phenoxy) is 2. The Hall–Kier alpha value is -1.34. The summed E-state index contributed by atoms with van der Waals surface area (Å²) in [4.78, 5) is 1.14. The smallest absolute Gasteiger partial charge is 0.162 e. The number of rotatable bonds is 4. The molecule has 1 aliphatic rings. The number of nitrogens with zero attached hydrogens (tertiary/aromatic N) is 1. The molecule has 0 saturated carbocycles. The molecular weight excluding hydrogens is 246 g/mol. The van der Waals surface area contributed by atoms with E-state index in [2.05, 4.69) is 13.0 Å². The lowest BCUT2D eigenvalue weighted by atomic mass is 10.3. The summed E-state index contributed by atoms with van der Waals surface area (Å²) in [5.41, 5.74) is 0. The highest BCUT2D eigenvalue weighted by molar-refractivity contribution is 8.00. The third kappa shape index (κ3) is 3.33. The van der Waals surface area contributed by atoms with Gasteiger partial charge in [0.1, 0.15) is 0 Å². The molecule has 0 N–H and O–H groups in total. The summed E-state index contributed by atoms with van der Waals surface area (Å²) < 4.78 is 11.3. The van der Waals surface area contributed by atoms with Crippen molar-refractivity contribution in [1.29, 1.82) is 5.26 Å². The zero-order valence-electron chi connectivity index (χ0n) is 10.5. The van der Waals surface area contributed by atoms with Crippen LogP contribution in [0.4, 0.5) is 0 Å². The molecule has 0 radical (unpaired) electrons. The monoisotopic (exact) mass is 263 g/mol. The maximum atomic E-state index is 8.77. The first kappa shape index (κ1) is 13.1. The van der Waals surface area contributed by atoms with Crippen LogP contribution in [0.2, 0.25) is 0 Å². The van der Waals surface area contributed by atoms with Crippen LogP contribution in [0.1, 0.15) is 26.2 Å². The second-order valence-electron chi connectivity index (χ2n) is 4.17. The minimum atomic E-state index is 0.347. The largest absolute Gasteiger partial charge is 0.490 e. The lowest BCUT2D eigenvalue weighted by Crippen LogP contribution is -1.99. The molecular formula is C14H17NO2S. The Morgan fingerprint density at radius 1 is 1.33 bits per heavy atom. The first-order valence-electron chi connectivity index (χ1n) is 6.26. The SMILES string of the molecule is CCC(CC#N)Sc1ccc2c(c1)OCCCO2. The maximum Gasteiger partial charge on any atom is 0.162 e. The number of benzene rings is 1. The molecule has 1 aliphatic heterocycles. The topological polar surface area (TPSA) is 42.2 Å². The van der Waals surface area contributed by atoms with E-state index in [0.717, 1.165) is 29.2 Å². The van der Waals surface area contributed by atoms with Gasteiger partial charge in [0.05, 0.1) is 19.3 Å². The van der Waals surface area contributed by atoms with Crippen molar-refractivity contribution in [3.05, 3.63) is 18.2 Å². The first-order valence-corrected chi connectivity index (χ1v) is 7.14. The molecule has 0 saturated heterocycles. The summed E-state index contributed by atoms with van der Waals surface area (Å²) in [6.45, 7) is 3.53. The van der Waals surface area contributed by atoms with E-state index in [1.54, 1.807) is 11.8 Å². The van der Waals surface area contributed by atoms with E-state index >= 15 is 0 Å². The van der Waals surface area contributed by atoms with E-state index in [9.17, 15) is 0 Å². The van der Waals surface area contributed by atoms with E-state index in [4.69, 9.17) is 14.7 Å². The van der Waals surface area contributed by atoms with Gasteiger partial charge in [0.25, 0.3) is 0 Å². The Kier molecular flexibility index (Phi) is 4.77. The van der Waals surface area contributed by atoms with Crippen LogP contribution in [-0.4, -0.2) is 18.5 Å². The van der Waals surface area contributed by atoms with E-state index in [-0.39, 0.29) is 0 Å². The second-order valence-corrected chi connectivity index (χ2v) is 5.54. The van der Waals surface area contributed by atoms with Crippen LogP contribution in [0.5, 0.6) is 11.5 Å². The number of fused-ring (bicyclic) bond motifs is 1. The molecule has 4 heteroatoms. The lowest BCUT2D eigenvalue weighted by molar-refractivity contribution is 0.297. The minimum absolute atomic E-state index is 0.347. The van der Waals surface area contributed by atoms with E-state index in [1.165, 1.54) is 0 Å². The van der Waals surface area contributed by atoms with E-state index in [0.29, 0.717) is 24.9 Å². The van der Waals surface area contributed by atoms with Gasteiger partial charge >= 0.3 is 0 Å². The summed E-state index contributed by atoms with van der Waals surface area (Å²) in [5.74, 6) is 1.65. The van der Waals surface area contributed by atoms with Gasteiger partial charge in [-0.3, -0.25) is 0 Å². The fourth-order valence-electron chi connectivity index (χ4n) is 1.78. The predicted molar refractivity (Wildman–Crippen MR) is 72.2 cm³/mol. The summed E-state index contributed by atoms with van der Waals surface area (Å²) in [5, 5.41) is 9.11. The third-order valence-electron chi connectivity index (χ3n) is 2.80. The lowest BCUT2D eigenvalue weighted by Gasteiger charge is -2.13. The standard InChI is InChI=1S/C14H17NO2S/c1-2-11(6-7-15)18-12-4-5-13-14(10-12)17-9-3-8-16-13/h4-5,10-11H,2-3,6,8-9H2,1H3. The van der Waals surface area contributed by atoms with Crippen LogP contribution >= 0.6 is 11.8 Å². The molecule has 1 aromatic carbocycles. The van der Waals surface area contributed by atoms with Crippen LogP contribution in [0.15, 0.2) is 23.1 Å². The molecule has 1 atom stereocenters. The van der Waals surface area contributed by atoms with Crippen molar-refractivity contribution >= 4 is 11.8 Å². The molecule has 0 fully saturated rings. The third-order valence-corrected chi connectivity index (χ3v) is 4.16. The van der Waals surface area contributed by atoms with Gasteiger partial charge in [-0.25, -0.2) is 0 Å². The highest BCUT2D eigenvalue weighted by Crippen LogP contribution is 2.36. The van der Waals surface area contributed by atoms with Crippen molar-refractivity contribution in [2.75, 3.05) is 13.2 Å². The van der Waals surface area contributed by atoms with E-state index in [1.807, 2.05) is 18.2 Å². The van der Waals surface area contributed by atoms with Gasteiger partial charge in [0.15, 0.2) is 11.5 Å². The fourth-order valence-corrected chi connectivity index (χ4v) is 2.81.